The fourth-order valence-electron chi connectivity index (χ4n) is 3.95. The number of hydrogen-bond donors (Lipinski definition) is 1. The lowest BCUT2D eigenvalue weighted by molar-refractivity contribution is -0.124. The number of furan rings is 1. The summed E-state index contributed by atoms with van der Waals surface area (Å²) in [4.78, 5) is 29.9. The molecule has 0 saturated heterocycles. The first-order valence-corrected chi connectivity index (χ1v) is 10.3. The Morgan fingerprint density at radius 3 is 2.87 bits per heavy atom. The van der Waals surface area contributed by atoms with Crippen molar-refractivity contribution in [2.45, 2.75) is 19.8 Å². The highest BCUT2D eigenvalue weighted by atomic mass is 16.5. The number of carbonyl (C=O) groups is 2. The molecule has 2 heterocycles. The summed E-state index contributed by atoms with van der Waals surface area (Å²) in [6, 6.07) is 11.2. The second-order valence-corrected chi connectivity index (χ2v) is 7.70. The summed E-state index contributed by atoms with van der Waals surface area (Å²) in [5, 5.41) is 3.34. The van der Waals surface area contributed by atoms with Crippen LogP contribution in [-0.4, -0.2) is 30.0 Å². The van der Waals surface area contributed by atoms with Crippen LogP contribution in [0, 0.1) is 5.92 Å². The minimum Gasteiger partial charge on any atom is -0.465 e. The lowest BCUT2D eigenvalue weighted by Gasteiger charge is -2.26. The molecule has 0 saturated carbocycles. The largest absolute Gasteiger partial charge is 0.465 e. The number of nitrogens with one attached hydrogen (secondary N) is 1. The van der Waals surface area contributed by atoms with Crippen molar-refractivity contribution in [1.82, 2.24) is 10.3 Å². The van der Waals surface area contributed by atoms with Crippen LogP contribution in [0.1, 0.15) is 40.7 Å². The van der Waals surface area contributed by atoms with Crippen LogP contribution in [-0.2, 0) is 16.0 Å². The van der Waals surface area contributed by atoms with Crippen LogP contribution in [0.3, 0.4) is 0 Å². The normalized spacial score (nSPS) is 16.7. The molecule has 2 aromatic heterocycles. The van der Waals surface area contributed by atoms with Crippen molar-refractivity contribution in [3.8, 4) is 0 Å². The Labute approximate surface area is 180 Å². The van der Waals surface area contributed by atoms with Gasteiger partial charge in [-0.25, -0.2) is 9.78 Å². The van der Waals surface area contributed by atoms with Crippen molar-refractivity contribution in [3.05, 3.63) is 77.9 Å². The number of hydrogen-bond acceptors (Lipinski definition) is 5. The van der Waals surface area contributed by atoms with Gasteiger partial charge < -0.3 is 14.5 Å². The minimum atomic E-state index is -0.518. The number of allylic oxidation sites excluding steroid dienone is 1. The first kappa shape index (κ1) is 20.6. The first-order valence-electron chi connectivity index (χ1n) is 10.3. The van der Waals surface area contributed by atoms with Gasteiger partial charge in [0.25, 0.3) is 5.91 Å². The van der Waals surface area contributed by atoms with Gasteiger partial charge in [0.2, 0.25) is 0 Å². The molecule has 0 aliphatic heterocycles. The van der Waals surface area contributed by atoms with E-state index in [-0.39, 0.29) is 12.5 Å². The zero-order valence-corrected chi connectivity index (χ0v) is 17.4. The molecular formula is C25H24N2O4. The Bertz CT molecular complexity index is 1160. The van der Waals surface area contributed by atoms with Gasteiger partial charge in [-0.1, -0.05) is 31.2 Å². The number of para-hydroxylation sites is 1. The highest BCUT2D eigenvalue weighted by Gasteiger charge is 2.29. The number of amides is 1. The van der Waals surface area contributed by atoms with E-state index in [1.54, 1.807) is 12.3 Å². The van der Waals surface area contributed by atoms with Crippen molar-refractivity contribution in [2.24, 2.45) is 5.92 Å². The molecule has 1 aliphatic rings. The Hall–Kier alpha value is -3.67. The number of carbonyl (C=O) groups excluding carboxylic acids is 2. The summed E-state index contributed by atoms with van der Waals surface area (Å²) in [5.41, 5.74) is 3.86. The SMILES string of the molecule is C=CCNC(=O)COC(=O)c1c2c(nc3ccccc13)/C(=C\c1ccco1)CC(C)C2. The quantitative estimate of drug-likeness (QED) is 0.475. The lowest BCUT2D eigenvalue weighted by atomic mass is 9.81. The summed E-state index contributed by atoms with van der Waals surface area (Å²) in [6.07, 6.45) is 6.72. The van der Waals surface area contributed by atoms with E-state index in [1.165, 1.54) is 0 Å². The Morgan fingerprint density at radius 2 is 2.10 bits per heavy atom. The van der Waals surface area contributed by atoms with Crippen LogP contribution in [0.25, 0.3) is 22.6 Å². The van der Waals surface area contributed by atoms with E-state index in [9.17, 15) is 9.59 Å². The third-order valence-electron chi connectivity index (χ3n) is 5.26. The first-order chi connectivity index (χ1) is 15.1. The average Bonchev–Trinajstić information content (AvgIpc) is 3.27. The molecule has 6 heteroatoms. The number of rotatable bonds is 6. The third-order valence-corrected chi connectivity index (χ3v) is 5.26. The smallest absolute Gasteiger partial charge is 0.339 e. The molecule has 0 fully saturated rings. The van der Waals surface area contributed by atoms with Crippen LogP contribution in [0.4, 0.5) is 0 Å². The maximum absolute atomic E-state index is 13.2. The van der Waals surface area contributed by atoms with Gasteiger partial charge in [-0.3, -0.25) is 4.79 Å². The summed E-state index contributed by atoms with van der Waals surface area (Å²) in [7, 11) is 0. The van der Waals surface area contributed by atoms with Crippen LogP contribution in [0.2, 0.25) is 0 Å². The number of nitrogens with zero attached hydrogens (tertiary/aromatic N) is 1. The van der Waals surface area contributed by atoms with Gasteiger partial charge in [0, 0.05) is 11.9 Å². The fourth-order valence-corrected chi connectivity index (χ4v) is 3.95. The van der Waals surface area contributed by atoms with E-state index in [0.29, 0.717) is 30.0 Å². The summed E-state index contributed by atoms with van der Waals surface area (Å²) >= 11 is 0. The van der Waals surface area contributed by atoms with E-state index in [4.69, 9.17) is 14.1 Å². The van der Waals surface area contributed by atoms with Crippen molar-refractivity contribution >= 4 is 34.4 Å². The molecule has 1 aromatic carbocycles. The Balaban J connectivity index is 1.78. The van der Waals surface area contributed by atoms with Gasteiger partial charge in [0.05, 0.1) is 23.0 Å². The number of ether oxygens (including phenoxy) is 1. The zero-order valence-electron chi connectivity index (χ0n) is 17.4. The standard InChI is InChI=1S/C25H24N2O4/c1-3-10-26-22(28)15-31-25(29)23-19-8-4-5-9-21(19)27-24-17(12-16(2)13-20(23)24)14-18-7-6-11-30-18/h3-9,11,14,16H,1,10,12-13,15H2,2H3,(H,26,28)/b17-14-. The number of aromatic nitrogens is 1. The van der Waals surface area contributed by atoms with Gasteiger partial charge in [0.1, 0.15) is 5.76 Å². The summed E-state index contributed by atoms with van der Waals surface area (Å²) in [6.45, 7) is 5.68. The predicted octanol–water partition coefficient (Wildman–Crippen LogP) is 4.41. The second kappa shape index (κ2) is 9.00. The third kappa shape index (κ3) is 4.43. The van der Waals surface area contributed by atoms with E-state index < -0.39 is 5.97 Å². The lowest BCUT2D eigenvalue weighted by Crippen LogP contribution is -2.29. The fraction of sp³-hybridized carbons (Fsp3) is 0.240. The van der Waals surface area contributed by atoms with Gasteiger partial charge in [-0.2, -0.15) is 0 Å². The van der Waals surface area contributed by atoms with Crippen LogP contribution in [0.15, 0.2) is 59.7 Å². The predicted molar refractivity (Wildman–Crippen MR) is 119 cm³/mol. The molecule has 1 aliphatic carbocycles. The van der Waals surface area contributed by atoms with E-state index >= 15 is 0 Å². The molecule has 0 bridgehead atoms. The molecule has 158 valence electrons. The molecule has 0 spiro atoms. The maximum Gasteiger partial charge on any atom is 0.339 e. The van der Waals surface area contributed by atoms with E-state index in [0.717, 1.165) is 34.4 Å². The Morgan fingerprint density at radius 1 is 1.26 bits per heavy atom. The average molecular weight is 416 g/mol. The van der Waals surface area contributed by atoms with Gasteiger partial charge >= 0.3 is 5.97 Å². The zero-order chi connectivity index (χ0) is 21.8. The number of fused-ring (bicyclic) bond motifs is 2. The van der Waals surface area contributed by atoms with Gasteiger partial charge in [-0.15, -0.1) is 6.58 Å². The van der Waals surface area contributed by atoms with Crippen molar-refractivity contribution in [2.75, 3.05) is 13.2 Å². The topological polar surface area (TPSA) is 81.4 Å². The number of benzene rings is 1. The molecule has 6 nitrogen and oxygen atoms in total. The number of pyridine rings is 1. The molecule has 4 rings (SSSR count). The van der Waals surface area contributed by atoms with Crippen LogP contribution >= 0.6 is 0 Å². The molecule has 1 amide bonds. The van der Waals surface area contributed by atoms with Crippen molar-refractivity contribution in [3.63, 3.8) is 0 Å². The molecule has 1 N–H and O–H groups in total. The monoisotopic (exact) mass is 416 g/mol. The van der Waals surface area contributed by atoms with Crippen molar-refractivity contribution < 1.29 is 18.7 Å². The maximum atomic E-state index is 13.2. The summed E-state index contributed by atoms with van der Waals surface area (Å²) < 4.78 is 10.9. The van der Waals surface area contributed by atoms with Crippen molar-refractivity contribution in [1.29, 1.82) is 0 Å². The van der Waals surface area contributed by atoms with Gasteiger partial charge in [-0.05, 0) is 54.2 Å². The van der Waals surface area contributed by atoms with E-state index in [1.807, 2.05) is 42.5 Å². The highest BCUT2D eigenvalue weighted by Crippen LogP contribution is 2.38. The molecule has 1 unspecified atom stereocenters. The Kier molecular flexibility index (Phi) is 5.98. The van der Waals surface area contributed by atoms with Gasteiger partial charge in [0.15, 0.2) is 6.61 Å². The minimum absolute atomic E-state index is 0.319. The summed E-state index contributed by atoms with van der Waals surface area (Å²) in [5.74, 6) is 0.175. The molecular weight excluding hydrogens is 392 g/mol. The molecule has 31 heavy (non-hydrogen) atoms. The second-order valence-electron chi connectivity index (χ2n) is 7.70. The van der Waals surface area contributed by atoms with E-state index in [2.05, 4.69) is 18.8 Å². The molecule has 3 aromatic rings. The molecule has 1 atom stereocenters. The highest BCUT2D eigenvalue weighted by molar-refractivity contribution is 6.07. The van der Waals surface area contributed by atoms with Crippen LogP contribution < -0.4 is 5.32 Å². The molecule has 0 radical (unpaired) electrons. The number of esters is 1. The van der Waals surface area contributed by atoms with Crippen LogP contribution in [0.5, 0.6) is 0 Å².